The Bertz CT molecular complexity index is 1160. The van der Waals surface area contributed by atoms with Gasteiger partial charge in [-0.2, -0.15) is 0 Å². The number of nitrogens with zero attached hydrogens (tertiary/aromatic N) is 2. The van der Waals surface area contributed by atoms with Crippen LogP contribution in [0.2, 0.25) is 0 Å². The molecule has 0 spiro atoms. The summed E-state index contributed by atoms with van der Waals surface area (Å²) in [7, 11) is 0. The van der Waals surface area contributed by atoms with Gasteiger partial charge in [-0.1, -0.05) is 18.7 Å². The number of hydrogen-bond acceptors (Lipinski definition) is 7. The minimum absolute atomic E-state index is 0.00608. The van der Waals surface area contributed by atoms with E-state index in [4.69, 9.17) is 10.7 Å². The van der Waals surface area contributed by atoms with Crippen molar-refractivity contribution in [1.29, 1.82) is 0 Å². The molecule has 7 nitrogen and oxygen atoms in total. The second-order valence-electron chi connectivity index (χ2n) is 6.75. The first-order valence-corrected chi connectivity index (χ1v) is 12.0. The Morgan fingerprint density at radius 1 is 1.38 bits per heavy atom. The number of thiophene rings is 2. The molecule has 3 aromatic heterocycles. The number of amides is 2. The number of hydrogen-bond donors (Lipinski definition) is 2. The zero-order valence-electron chi connectivity index (χ0n) is 15.8. The first kappa shape index (κ1) is 20.1. The van der Waals surface area contributed by atoms with E-state index in [-0.39, 0.29) is 17.2 Å². The number of anilines is 1. The highest BCUT2D eigenvalue weighted by atomic mass is 32.2. The quantitative estimate of drug-likeness (QED) is 0.426. The van der Waals surface area contributed by atoms with Crippen molar-refractivity contribution in [3.8, 4) is 0 Å². The molecule has 0 saturated heterocycles. The van der Waals surface area contributed by atoms with Gasteiger partial charge in [0.2, 0.25) is 5.91 Å². The molecule has 0 aromatic carbocycles. The van der Waals surface area contributed by atoms with Crippen molar-refractivity contribution in [3.05, 3.63) is 37.8 Å². The number of rotatable bonds is 7. The van der Waals surface area contributed by atoms with Crippen LogP contribution in [-0.2, 0) is 24.2 Å². The molecule has 3 heterocycles. The van der Waals surface area contributed by atoms with E-state index in [2.05, 4.69) is 5.32 Å². The second-order valence-corrected chi connectivity index (χ2v) is 9.70. The van der Waals surface area contributed by atoms with Crippen LogP contribution in [0.3, 0.4) is 0 Å². The molecule has 0 atom stereocenters. The minimum Gasteiger partial charge on any atom is -0.366 e. The number of carbonyl (C=O) groups excluding carboxylic acids is 2. The third kappa shape index (κ3) is 3.84. The maximum Gasteiger partial charge on any atom is 0.263 e. The molecule has 1 aliphatic rings. The molecule has 0 bridgehead atoms. The SMILES string of the molecule is CCCn1c(SCC(=O)Nc2sccc2C(N)=O)nc2sc3c(c2c1=O)CCC3. The fourth-order valence-corrected chi connectivity index (χ4v) is 6.42. The summed E-state index contributed by atoms with van der Waals surface area (Å²) >= 11 is 4.08. The molecule has 1 aliphatic carbocycles. The summed E-state index contributed by atoms with van der Waals surface area (Å²) in [4.78, 5) is 43.7. The average Bonchev–Trinajstić information content (AvgIpc) is 3.38. The number of nitrogens with two attached hydrogens (primary N) is 1. The lowest BCUT2D eigenvalue weighted by molar-refractivity contribution is -0.113. The molecule has 3 N–H and O–H groups in total. The highest BCUT2D eigenvalue weighted by Gasteiger charge is 2.23. The number of thioether (sulfide) groups is 1. The first-order chi connectivity index (χ1) is 14.0. The van der Waals surface area contributed by atoms with E-state index >= 15 is 0 Å². The molecule has 0 aliphatic heterocycles. The Morgan fingerprint density at radius 2 is 2.21 bits per heavy atom. The lowest BCUT2D eigenvalue weighted by Crippen LogP contribution is -2.24. The lowest BCUT2D eigenvalue weighted by Gasteiger charge is -2.11. The van der Waals surface area contributed by atoms with E-state index in [1.165, 1.54) is 33.5 Å². The molecule has 0 fully saturated rings. The van der Waals surface area contributed by atoms with Gasteiger partial charge < -0.3 is 11.1 Å². The van der Waals surface area contributed by atoms with Crippen LogP contribution in [0.4, 0.5) is 5.00 Å². The van der Waals surface area contributed by atoms with Gasteiger partial charge in [0.15, 0.2) is 5.16 Å². The summed E-state index contributed by atoms with van der Waals surface area (Å²) in [6.07, 6.45) is 3.85. The fourth-order valence-electron chi connectivity index (χ4n) is 3.48. The molecular weight excluding hydrogens is 428 g/mol. The van der Waals surface area contributed by atoms with Crippen LogP contribution in [0, 0.1) is 0 Å². The monoisotopic (exact) mass is 448 g/mol. The van der Waals surface area contributed by atoms with Gasteiger partial charge in [0.25, 0.3) is 11.5 Å². The third-order valence-electron chi connectivity index (χ3n) is 4.75. The maximum absolute atomic E-state index is 13.1. The van der Waals surface area contributed by atoms with Crippen molar-refractivity contribution < 1.29 is 9.59 Å². The zero-order valence-corrected chi connectivity index (χ0v) is 18.3. The van der Waals surface area contributed by atoms with Gasteiger partial charge in [-0.15, -0.1) is 22.7 Å². The Labute approximate surface area is 179 Å². The highest BCUT2D eigenvalue weighted by Crippen LogP contribution is 2.35. The normalized spacial score (nSPS) is 13.0. The number of aromatic nitrogens is 2. The highest BCUT2D eigenvalue weighted by molar-refractivity contribution is 7.99. The van der Waals surface area contributed by atoms with Crippen LogP contribution < -0.4 is 16.6 Å². The van der Waals surface area contributed by atoms with Crippen molar-refractivity contribution in [3.63, 3.8) is 0 Å². The van der Waals surface area contributed by atoms with E-state index in [1.54, 1.807) is 27.4 Å². The van der Waals surface area contributed by atoms with Gasteiger partial charge in [0.1, 0.15) is 9.83 Å². The van der Waals surface area contributed by atoms with E-state index in [1.807, 2.05) is 6.92 Å². The van der Waals surface area contributed by atoms with Crippen LogP contribution in [0.5, 0.6) is 0 Å². The van der Waals surface area contributed by atoms with Crippen LogP contribution in [0.15, 0.2) is 21.4 Å². The van der Waals surface area contributed by atoms with E-state index < -0.39 is 5.91 Å². The largest absolute Gasteiger partial charge is 0.366 e. The van der Waals surface area contributed by atoms with Crippen molar-refractivity contribution in [1.82, 2.24) is 9.55 Å². The number of nitrogens with one attached hydrogen (secondary N) is 1. The molecule has 4 rings (SSSR count). The smallest absolute Gasteiger partial charge is 0.263 e. The molecule has 152 valence electrons. The van der Waals surface area contributed by atoms with Gasteiger partial charge >= 0.3 is 0 Å². The number of carbonyl (C=O) groups is 2. The maximum atomic E-state index is 13.1. The van der Waals surface area contributed by atoms with Crippen LogP contribution in [0.25, 0.3) is 10.2 Å². The molecule has 29 heavy (non-hydrogen) atoms. The Hall–Kier alpha value is -2.17. The Kier molecular flexibility index (Phi) is 5.75. The molecule has 0 radical (unpaired) electrons. The number of fused-ring (bicyclic) bond motifs is 3. The molecular formula is C19H20N4O3S3. The lowest BCUT2D eigenvalue weighted by atomic mass is 10.2. The summed E-state index contributed by atoms with van der Waals surface area (Å²) in [5.41, 5.74) is 6.77. The predicted octanol–water partition coefficient (Wildman–Crippen LogP) is 3.25. The van der Waals surface area contributed by atoms with Crippen molar-refractivity contribution in [2.75, 3.05) is 11.1 Å². The Balaban J connectivity index is 1.58. The van der Waals surface area contributed by atoms with Gasteiger partial charge in [-0.05, 0) is 42.7 Å². The summed E-state index contributed by atoms with van der Waals surface area (Å²) in [5.74, 6) is -0.766. The van der Waals surface area contributed by atoms with Gasteiger partial charge in [0.05, 0.1) is 16.7 Å². The van der Waals surface area contributed by atoms with E-state index in [9.17, 15) is 14.4 Å². The van der Waals surface area contributed by atoms with Crippen LogP contribution >= 0.6 is 34.4 Å². The molecule has 0 saturated carbocycles. The molecule has 2 amide bonds. The first-order valence-electron chi connectivity index (χ1n) is 9.34. The minimum atomic E-state index is -0.580. The van der Waals surface area contributed by atoms with E-state index in [0.717, 1.165) is 35.9 Å². The Morgan fingerprint density at radius 3 is 2.97 bits per heavy atom. The summed E-state index contributed by atoms with van der Waals surface area (Å²) in [6.45, 7) is 2.57. The van der Waals surface area contributed by atoms with Crippen molar-refractivity contribution >= 4 is 61.5 Å². The number of primary amides is 1. The van der Waals surface area contributed by atoms with Crippen LogP contribution in [-0.4, -0.2) is 27.1 Å². The fraction of sp³-hybridized carbons (Fsp3) is 0.368. The zero-order chi connectivity index (χ0) is 20.5. The summed E-state index contributed by atoms with van der Waals surface area (Å²) < 4.78 is 1.69. The van der Waals surface area contributed by atoms with Gasteiger partial charge in [-0.3, -0.25) is 19.0 Å². The molecule has 10 heteroatoms. The number of aryl methyl sites for hydroxylation is 2. The van der Waals surface area contributed by atoms with E-state index in [0.29, 0.717) is 22.3 Å². The molecule has 3 aromatic rings. The third-order valence-corrected chi connectivity index (χ3v) is 7.74. The van der Waals surface area contributed by atoms with Crippen LogP contribution in [0.1, 0.15) is 40.6 Å². The predicted molar refractivity (Wildman–Crippen MR) is 118 cm³/mol. The second kappa shape index (κ2) is 8.29. The topological polar surface area (TPSA) is 107 Å². The summed E-state index contributed by atoms with van der Waals surface area (Å²) in [6, 6.07) is 1.58. The van der Waals surface area contributed by atoms with Crippen molar-refractivity contribution in [2.45, 2.75) is 44.3 Å². The van der Waals surface area contributed by atoms with Gasteiger partial charge in [0, 0.05) is 11.4 Å². The standard InChI is InChI=1S/C19H20N4O3S3/c1-2-7-23-18(26)14-10-4-3-5-12(10)29-17(14)22-19(23)28-9-13(24)21-16-11(15(20)25)6-8-27-16/h6,8H,2-5,7,9H2,1H3,(H2,20,25)(H,21,24). The summed E-state index contributed by atoms with van der Waals surface area (Å²) in [5, 5.41) is 6.18. The molecule has 0 unspecified atom stereocenters. The van der Waals surface area contributed by atoms with Gasteiger partial charge in [-0.25, -0.2) is 4.98 Å². The average molecular weight is 449 g/mol. The van der Waals surface area contributed by atoms with Crippen molar-refractivity contribution in [2.24, 2.45) is 5.73 Å².